The van der Waals surface area contributed by atoms with Gasteiger partial charge in [0.05, 0.1) is 24.8 Å². The lowest BCUT2D eigenvalue weighted by atomic mass is 10.2. The van der Waals surface area contributed by atoms with Gasteiger partial charge in [-0.05, 0) is 12.1 Å². The maximum atomic E-state index is 12.6. The lowest BCUT2D eigenvalue weighted by molar-refractivity contribution is 0.104. The standard InChI is InChI=1S/C23H22FN11O/c24-5-8-36-13-20-12-33(6-7-35(20)23-29-14-25-15-30-23)22-27-10-19(11-28-22)2-1-18-3-4-21(26-9-18)34-16-31-32-17-34/h3-4,9-11,14-17,20H,5-8,12-13H2/t20-/m1/s1. The summed E-state index contributed by atoms with van der Waals surface area (Å²) in [6.07, 6.45) is 11.2. The average molecular weight is 488 g/mol. The number of ether oxygens (including phenoxy) is 1. The Morgan fingerprint density at radius 2 is 1.64 bits per heavy atom. The van der Waals surface area contributed by atoms with Crippen LogP contribution in [0.4, 0.5) is 16.3 Å². The third-order valence-electron chi connectivity index (χ3n) is 5.45. The predicted molar refractivity (Wildman–Crippen MR) is 127 cm³/mol. The number of rotatable bonds is 7. The molecule has 0 bridgehead atoms. The quantitative estimate of drug-likeness (QED) is 0.270. The number of hydrogen-bond acceptors (Lipinski definition) is 11. The highest BCUT2D eigenvalue weighted by Gasteiger charge is 2.30. The molecule has 1 fully saturated rings. The van der Waals surface area contributed by atoms with Crippen molar-refractivity contribution in [3.8, 4) is 17.7 Å². The number of piperazine rings is 1. The zero-order valence-corrected chi connectivity index (χ0v) is 19.2. The van der Waals surface area contributed by atoms with Gasteiger partial charge in [0, 0.05) is 43.8 Å². The summed E-state index contributed by atoms with van der Waals surface area (Å²) in [7, 11) is 0. The van der Waals surface area contributed by atoms with Crippen LogP contribution in [0.2, 0.25) is 0 Å². The highest BCUT2D eigenvalue weighted by Crippen LogP contribution is 2.19. The summed E-state index contributed by atoms with van der Waals surface area (Å²) in [4.78, 5) is 29.9. The van der Waals surface area contributed by atoms with Crippen molar-refractivity contribution in [3.63, 3.8) is 0 Å². The van der Waals surface area contributed by atoms with Crippen molar-refractivity contribution in [2.24, 2.45) is 0 Å². The molecule has 1 aliphatic heterocycles. The lowest BCUT2D eigenvalue weighted by Crippen LogP contribution is -2.56. The minimum Gasteiger partial charge on any atom is -0.377 e. The van der Waals surface area contributed by atoms with Crippen molar-refractivity contribution < 1.29 is 9.13 Å². The summed E-state index contributed by atoms with van der Waals surface area (Å²) in [5.41, 5.74) is 1.45. The van der Waals surface area contributed by atoms with Gasteiger partial charge in [-0.3, -0.25) is 4.57 Å². The van der Waals surface area contributed by atoms with Gasteiger partial charge in [-0.15, -0.1) is 10.2 Å². The predicted octanol–water partition coefficient (Wildman–Crippen LogP) is 0.718. The molecule has 5 rings (SSSR count). The van der Waals surface area contributed by atoms with E-state index >= 15 is 0 Å². The Balaban J connectivity index is 1.24. The molecule has 1 aliphatic rings. The van der Waals surface area contributed by atoms with Crippen molar-refractivity contribution in [3.05, 3.63) is 67.2 Å². The van der Waals surface area contributed by atoms with Crippen LogP contribution < -0.4 is 9.80 Å². The van der Waals surface area contributed by atoms with Crippen molar-refractivity contribution >= 4 is 11.9 Å². The maximum Gasteiger partial charge on any atom is 0.228 e. The van der Waals surface area contributed by atoms with E-state index in [-0.39, 0.29) is 12.6 Å². The largest absolute Gasteiger partial charge is 0.377 e. The molecular weight excluding hydrogens is 465 g/mol. The molecule has 0 spiro atoms. The van der Waals surface area contributed by atoms with Crippen LogP contribution in [0.5, 0.6) is 0 Å². The van der Waals surface area contributed by atoms with Crippen LogP contribution in [0.1, 0.15) is 11.1 Å². The summed E-state index contributed by atoms with van der Waals surface area (Å²) >= 11 is 0. The van der Waals surface area contributed by atoms with Gasteiger partial charge in [-0.1, -0.05) is 11.8 Å². The molecule has 0 radical (unpaired) electrons. The second kappa shape index (κ2) is 11.2. The zero-order chi connectivity index (χ0) is 24.6. The van der Waals surface area contributed by atoms with Gasteiger partial charge in [0.25, 0.3) is 0 Å². The number of anilines is 2. The molecule has 0 aliphatic carbocycles. The normalized spacial score (nSPS) is 15.4. The minimum absolute atomic E-state index is 0.0461. The average Bonchev–Trinajstić information content (AvgIpc) is 3.48. The molecule has 0 saturated carbocycles. The third kappa shape index (κ3) is 5.56. The van der Waals surface area contributed by atoms with Crippen molar-refractivity contribution in [1.82, 2.24) is 44.7 Å². The van der Waals surface area contributed by atoms with Crippen LogP contribution in [-0.2, 0) is 4.74 Å². The molecule has 0 amide bonds. The molecule has 182 valence electrons. The lowest BCUT2D eigenvalue weighted by Gasteiger charge is -2.41. The molecular formula is C23H22FN11O. The number of aromatic nitrogens is 9. The van der Waals surface area contributed by atoms with Crippen LogP contribution in [-0.4, -0.2) is 90.2 Å². The second-order valence-corrected chi connectivity index (χ2v) is 7.79. The number of alkyl halides is 1. The molecule has 36 heavy (non-hydrogen) atoms. The van der Waals surface area contributed by atoms with Gasteiger partial charge in [0.15, 0.2) is 0 Å². The smallest absolute Gasteiger partial charge is 0.228 e. The Hall–Kier alpha value is -4.57. The first-order chi connectivity index (χ1) is 17.8. The Morgan fingerprint density at radius 3 is 2.36 bits per heavy atom. The Bertz CT molecular complexity index is 1290. The van der Waals surface area contributed by atoms with Crippen LogP contribution in [0, 0.1) is 11.8 Å². The van der Waals surface area contributed by atoms with E-state index in [2.05, 4.69) is 56.8 Å². The highest BCUT2D eigenvalue weighted by molar-refractivity contribution is 5.44. The van der Waals surface area contributed by atoms with E-state index in [9.17, 15) is 4.39 Å². The van der Waals surface area contributed by atoms with Gasteiger partial charge in [-0.2, -0.15) is 0 Å². The monoisotopic (exact) mass is 487 g/mol. The molecule has 0 aromatic carbocycles. The van der Waals surface area contributed by atoms with Crippen LogP contribution in [0.3, 0.4) is 0 Å². The van der Waals surface area contributed by atoms with E-state index < -0.39 is 6.67 Å². The molecule has 12 nitrogen and oxygen atoms in total. The number of halogens is 1. The molecule has 1 saturated heterocycles. The first kappa shape index (κ1) is 23.2. The zero-order valence-electron chi connectivity index (χ0n) is 19.2. The number of pyridine rings is 1. The molecule has 4 aromatic rings. The van der Waals surface area contributed by atoms with E-state index in [0.29, 0.717) is 49.5 Å². The summed E-state index contributed by atoms with van der Waals surface area (Å²) in [5.74, 6) is 8.00. The van der Waals surface area contributed by atoms with Gasteiger partial charge < -0.3 is 14.5 Å². The third-order valence-corrected chi connectivity index (χ3v) is 5.45. The van der Waals surface area contributed by atoms with E-state index in [1.54, 1.807) is 35.8 Å². The first-order valence-corrected chi connectivity index (χ1v) is 11.2. The Labute approximate surface area is 206 Å². The van der Waals surface area contributed by atoms with E-state index in [1.807, 2.05) is 17.0 Å². The molecule has 0 unspecified atom stereocenters. The van der Waals surface area contributed by atoms with Crippen molar-refractivity contribution in [2.75, 3.05) is 49.3 Å². The number of nitrogens with zero attached hydrogens (tertiary/aromatic N) is 11. The minimum atomic E-state index is -0.532. The van der Waals surface area contributed by atoms with Crippen LogP contribution in [0.15, 0.2) is 56.0 Å². The van der Waals surface area contributed by atoms with Crippen molar-refractivity contribution in [1.29, 1.82) is 0 Å². The highest BCUT2D eigenvalue weighted by atomic mass is 19.1. The molecule has 1 atom stereocenters. The summed E-state index contributed by atoms with van der Waals surface area (Å²) in [6.45, 7) is 1.73. The topological polar surface area (TPSA) is 124 Å². The Morgan fingerprint density at radius 1 is 0.889 bits per heavy atom. The van der Waals surface area contributed by atoms with Gasteiger partial charge >= 0.3 is 0 Å². The summed E-state index contributed by atoms with van der Waals surface area (Å²) in [5, 5.41) is 7.55. The first-order valence-electron chi connectivity index (χ1n) is 11.2. The fourth-order valence-electron chi connectivity index (χ4n) is 3.72. The molecule has 4 aromatic heterocycles. The Kier molecular flexibility index (Phi) is 7.24. The van der Waals surface area contributed by atoms with Crippen molar-refractivity contribution in [2.45, 2.75) is 6.04 Å². The second-order valence-electron chi connectivity index (χ2n) is 7.79. The fourth-order valence-corrected chi connectivity index (χ4v) is 3.72. The SMILES string of the molecule is FCCOC[C@H]1CN(c2ncc(C#Cc3ccc(-n4cnnc4)nc3)cn2)CCN1c1ncncn1. The summed E-state index contributed by atoms with van der Waals surface area (Å²) in [6, 6.07) is 3.63. The van der Waals surface area contributed by atoms with Crippen LogP contribution in [0.25, 0.3) is 5.82 Å². The van der Waals surface area contributed by atoms with E-state index in [0.717, 1.165) is 5.56 Å². The molecule has 5 heterocycles. The van der Waals surface area contributed by atoms with Gasteiger partial charge in [0.1, 0.15) is 37.8 Å². The molecule has 13 heteroatoms. The van der Waals surface area contributed by atoms with E-state index in [1.165, 1.54) is 12.7 Å². The fraction of sp³-hybridized carbons (Fsp3) is 0.304. The van der Waals surface area contributed by atoms with Crippen LogP contribution >= 0.6 is 0 Å². The molecule has 0 N–H and O–H groups in total. The maximum absolute atomic E-state index is 12.6. The number of hydrogen-bond donors (Lipinski definition) is 0. The van der Waals surface area contributed by atoms with Gasteiger partial charge in [0.2, 0.25) is 11.9 Å². The summed E-state index contributed by atoms with van der Waals surface area (Å²) < 4.78 is 19.8. The van der Waals surface area contributed by atoms with E-state index in [4.69, 9.17) is 4.74 Å². The van der Waals surface area contributed by atoms with Gasteiger partial charge in [-0.25, -0.2) is 34.3 Å².